The molecule has 6 heteroatoms. The Bertz CT molecular complexity index is 1150. The highest BCUT2D eigenvalue weighted by molar-refractivity contribution is 5.78. The lowest BCUT2D eigenvalue weighted by Crippen LogP contribution is -2.46. The largest absolute Gasteiger partial charge is 0.458 e. The summed E-state index contributed by atoms with van der Waals surface area (Å²) in [5.41, 5.74) is 0. The van der Waals surface area contributed by atoms with Crippen molar-refractivity contribution < 1.29 is 24.5 Å². The Balaban J connectivity index is 4.83. The first-order valence-corrected chi connectivity index (χ1v) is 24.3. The third kappa shape index (κ3) is 41.6. The zero-order chi connectivity index (χ0) is 43.1. The number of carbonyl (C=O) groups is 2. The van der Waals surface area contributed by atoms with E-state index >= 15 is 0 Å². The molecule has 0 aliphatic rings. The van der Waals surface area contributed by atoms with Crippen LogP contribution < -0.4 is 5.32 Å². The van der Waals surface area contributed by atoms with Gasteiger partial charge in [0.15, 0.2) is 0 Å². The highest BCUT2D eigenvalue weighted by Gasteiger charge is 2.23. The second-order valence-electron chi connectivity index (χ2n) is 16.1. The molecule has 0 spiro atoms. The number of esters is 1. The van der Waals surface area contributed by atoms with Gasteiger partial charge in [-0.05, 0) is 70.3 Å². The average Bonchev–Trinajstić information content (AvgIpc) is 3.23. The molecular formula is C53H91NO5. The molecule has 0 aromatic carbocycles. The molecule has 59 heavy (non-hydrogen) atoms. The molecule has 338 valence electrons. The molecule has 0 rings (SSSR count). The van der Waals surface area contributed by atoms with Crippen LogP contribution in [0.3, 0.4) is 0 Å². The van der Waals surface area contributed by atoms with Gasteiger partial charge in [0.25, 0.3) is 0 Å². The van der Waals surface area contributed by atoms with Crippen molar-refractivity contribution >= 4 is 11.9 Å². The maximum absolute atomic E-state index is 13.1. The topological polar surface area (TPSA) is 95.9 Å². The molecule has 6 nitrogen and oxygen atoms in total. The first-order valence-electron chi connectivity index (χ1n) is 24.3. The van der Waals surface area contributed by atoms with Crippen molar-refractivity contribution in [2.45, 2.75) is 232 Å². The Hall–Kier alpha value is -2.96. The van der Waals surface area contributed by atoms with E-state index in [-0.39, 0.29) is 31.3 Å². The van der Waals surface area contributed by atoms with E-state index in [0.29, 0.717) is 19.3 Å². The van der Waals surface area contributed by atoms with Gasteiger partial charge in [0, 0.05) is 6.42 Å². The molecule has 0 bridgehead atoms. The first-order chi connectivity index (χ1) is 29.0. The number of hydrogen-bond donors (Lipinski definition) is 3. The molecule has 0 heterocycles. The van der Waals surface area contributed by atoms with E-state index in [1.807, 2.05) is 12.2 Å². The maximum atomic E-state index is 13.1. The fraction of sp³-hybridized carbons (Fsp3) is 0.698. The summed E-state index contributed by atoms with van der Waals surface area (Å²) < 4.78 is 5.76. The van der Waals surface area contributed by atoms with Crippen molar-refractivity contribution in [2.24, 2.45) is 0 Å². The summed E-state index contributed by atoms with van der Waals surface area (Å²) in [5.74, 6) is -0.715. The highest BCUT2D eigenvalue weighted by Crippen LogP contribution is 2.15. The van der Waals surface area contributed by atoms with Gasteiger partial charge < -0.3 is 20.3 Å². The Morgan fingerprint density at radius 2 is 0.949 bits per heavy atom. The van der Waals surface area contributed by atoms with E-state index in [1.54, 1.807) is 6.08 Å². The van der Waals surface area contributed by atoms with Gasteiger partial charge in [-0.15, -0.1) is 0 Å². The van der Waals surface area contributed by atoms with Gasteiger partial charge in [-0.1, -0.05) is 215 Å². The fourth-order valence-electron chi connectivity index (χ4n) is 6.80. The Labute approximate surface area is 363 Å². The van der Waals surface area contributed by atoms with Crippen LogP contribution in [0.1, 0.15) is 213 Å². The van der Waals surface area contributed by atoms with E-state index in [0.717, 1.165) is 57.8 Å². The molecule has 0 fully saturated rings. The number of hydrogen-bond acceptors (Lipinski definition) is 5. The van der Waals surface area contributed by atoms with Crippen LogP contribution in [0.4, 0.5) is 0 Å². The van der Waals surface area contributed by atoms with E-state index < -0.39 is 18.2 Å². The lowest BCUT2D eigenvalue weighted by atomic mass is 10.0. The van der Waals surface area contributed by atoms with Crippen LogP contribution in [0.25, 0.3) is 0 Å². The van der Waals surface area contributed by atoms with Gasteiger partial charge >= 0.3 is 5.97 Å². The molecule has 3 N–H and O–H groups in total. The van der Waals surface area contributed by atoms with E-state index in [9.17, 15) is 19.8 Å². The van der Waals surface area contributed by atoms with Crippen LogP contribution in [-0.4, -0.2) is 46.9 Å². The monoisotopic (exact) mass is 822 g/mol. The third-order valence-electron chi connectivity index (χ3n) is 10.5. The number of nitrogens with one attached hydrogen (secondary N) is 1. The number of allylic oxidation sites excluding steroid dienone is 13. The molecule has 0 aliphatic heterocycles. The zero-order valence-electron chi connectivity index (χ0n) is 38.4. The number of carbonyl (C=O) groups excluding carboxylic acids is 2. The molecule has 0 saturated heterocycles. The van der Waals surface area contributed by atoms with Crippen LogP contribution in [-0.2, 0) is 14.3 Å². The normalized spacial score (nSPS) is 14.1. The van der Waals surface area contributed by atoms with Crippen LogP contribution >= 0.6 is 0 Å². The Kier molecular flexibility index (Phi) is 43.8. The Morgan fingerprint density at radius 3 is 1.44 bits per heavy atom. The molecule has 3 atom stereocenters. The first kappa shape index (κ1) is 56.0. The number of rotatable bonds is 42. The molecule has 3 unspecified atom stereocenters. The van der Waals surface area contributed by atoms with E-state index in [1.165, 1.54) is 103 Å². The molecule has 0 radical (unpaired) electrons. The van der Waals surface area contributed by atoms with Crippen LogP contribution in [0, 0.1) is 0 Å². The van der Waals surface area contributed by atoms with Gasteiger partial charge in [0.2, 0.25) is 5.91 Å². The van der Waals surface area contributed by atoms with Gasteiger partial charge in [-0.25, -0.2) is 0 Å². The summed E-state index contributed by atoms with van der Waals surface area (Å²) in [6.07, 6.45) is 59.7. The summed E-state index contributed by atoms with van der Waals surface area (Å²) in [6.45, 7) is 6.29. The minimum absolute atomic E-state index is 0.0718. The maximum Gasteiger partial charge on any atom is 0.306 e. The number of ether oxygens (including phenoxy) is 1. The van der Waals surface area contributed by atoms with Crippen molar-refractivity contribution in [1.82, 2.24) is 5.32 Å². The van der Waals surface area contributed by atoms with Gasteiger partial charge in [0.1, 0.15) is 6.10 Å². The summed E-state index contributed by atoms with van der Waals surface area (Å²) in [5, 5.41) is 23.6. The van der Waals surface area contributed by atoms with Crippen LogP contribution in [0.5, 0.6) is 0 Å². The second-order valence-corrected chi connectivity index (χ2v) is 16.1. The fourth-order valence-corrected chi connectivity index (χ4v) is 6.80. The number of unbranched alkanes of at least 4 members (excludes halogenated alkanes) is 18. The summed E-state index contributed by atoms with van der Waals surface area (Å²) >= 11 is 0. The molecule has 0 aromatic rings. The predicted octanol–water partition coefficient (Wildman–Crippen LogP) is 14.4. The summed E-state index contributed by atoms with van der Waals surface area (Å²) in [4.78, 5) is 26.0. The molecule has 0 aliphatic carbocycles. The van der Waals surface area contributed by atoms with Crippen molar-refractivity contribution in [3.8, 4) is 0 Å². The van der Waals surface area contributed by atoms with Crippen molar-refractivity contribution in [2.75, 3.05) is 6.61 Å². The van der Waals surface area contributed by atoms with Gasteiger partial charge in [0.05, 0.1) is 25.2 Å². The predicted molar refractivity (Wildman–Crippen MR) is 254 cm³/mol. The average molecular weight is 822 g/mol. The minimum Gasteiger partial charge on any atom is -0.458 e. The zero-order valence-corrected chi connectivity index (χ0v) is 38.4. The smallest absolute Gasteiger partial charge is 0.306 e. The highest BCUT2D eigenvalue weighted by atomic mass is 16.5. The standard InChI is InChI=1S/C53H91NO5/c1-4-7-10-13-16-19-22-25-28-29-32-35-38-41-44-49(59-53(58)46-43-40-37-34-31-27-24-21-18-15-12-9-6-3)47-52(57)54-50(48-55)51(56)45-42-39-36-33-30-26-23-20-17-14-11-8-5-2/h7,10,16,19,25,27-28,31-32,35,37,40-41,44,49-51,55-56H,4-6,8-9,11-15,17-18,20-24,26,29-30,33-34,36,38-39,42-43,45-48H2,1-3H3,(H,54,57)/b10-7+,19-16+,28-25+,31-27-,35-32+,40-37+,44-41+. The minimum atomic E-state index is -0.830. The Morgan fingerprint density at radius 1 is 0.525 bits per heavy atom. The second kappa shape index (κ2) is 46.1. The molecule has 1 amide bonds. The van der Waals surface area contributed by atoms with Gasteiger partial charge in [-0.2, -0.15) is 0 Å². The lowest BCUT2D eigenvalue weighted by Gasteiger charge is -2.23. The third-order valence-corrected chi connectivity index (χ3v) is 10.5. The number of aliphatic hydroxyl groups is 2. The number of aliphatic hydroxyl groups excluding tert-OH is 2. The van der Waals surface area contributed by atoms with E-state index in [4.69, 9.17) is 4.74 Å². The van der Waals surface area contributed by atoms with Crippen molar-refractivity contribution in [1.29, 1.82) is 0 Å². The van der Waals surface area contributed by atoms with E-state index in [2.05, 4.69) is 92.9 Å². The van der Waals surface area contributed by atoms with Crippen molar-refractivity contribution in [3.05, 3.63) is 85.1 Å². The SMILES string of the molecule is CC/C=C/C/C=C/C/C=C/C/C=C/C/C=C/C(CC(=O)NC(CO)C(O)CCCCCCCCCCCCCCC)OC(=O)CC/C=C/C/C=C\CCCCCCCC. The lowest BCUT2D eigenvalue weighted by molar-refractivity contribution is -0.148. The van der Waals surface area contributed by atoms with Crippen LogP contribution in [0.2, 0.25) is 0 Å². The quantitative estimate of drug-likeness (QED) is 0.0324. The summed E-state index contributed by atoms with van der Waals surface area (Å²) in [7, 11) is 0. The molecular weight excluding hydrogens is 731 g/mol. The molecule has 0 aromatic heterocycles. The van der Waals surface area contributed by atoms with Crippen molar-refractivity contribution in [3.63, 3.8) is 0 Å². The van der Waals surface area contributed by atoms with Gasteiger partial charge in [-0.3, -0.25) is 9.59 Å². The molecule has 0 saturated carbocycles. The summed E-state index contributed by atoms with van der Waals surface area (Å²) in [6, 6.07) is -0.755. The number of amides is 1. The van der Waals surface area contributed by atoms with Crippen LogP contribution in [0.15, 0.2) is 85.1 Å².